The number of amides is 3. The number of nitrogens with one attached hydrogen (secondary N) is 2. The number of benzene rings is 1. The van der Waals surface area contributed by atoms with E-state index in [1.165, 1.54) is 30.3 Å². The van der Waals surface area contributed by atoms with E-state index >= 15 is 0 Å². The summed E-state index contributed by atoms with van der Waals surface area (Å²) in [5, 5.41) is 14.2. The van der Waals surface area contributed by atoms with Crippen LogP contribution in [0.4, 0.5) is 14.9 Å². The van der Waals surface area contributed by atoms with Gasteiger partial charge in [-0.05, 0) is 49.1 Å². The lowest BCUT2D eigenvalue weighted by Crippen LogP contribution is -2.44. The zero-order chi connectivity index (χ0) is 20.1. The maximum Gasteiger partial charge on any atom is 0.371 e. The van der Waals surface area contributed by atoms with Gasteiger partial charge in [-0.25, -0.2) is 14.0 Å². The molecule has 3 rings (SSSR count). The van der Waals surface area contributed by atoms with Gasteiger partial charge in [0.2, 0.25) is 5.76 Å². The molecule has 0 bridgehead atoms. The molecule has 3 amide bonds. The van der Waals surface area contributed by atoms with Gasteiger partial charge in [0.15, 0.2) is 5.76 Å². The summed E-state index contributed by atoms with van der Waals surface area (Å²) in [4.78, 5) is 36.9. The number of anilines is 1. The van der Waals surface area contributed by atoms with Crippen molar-refractivity contribution in [3.8, 4) is 0 Å². The quantitative estimate of drug-likeness (QED) is 0.728. The second-order valence-electron chi connectivity index (χ2n) is 6.57. The third-order valence-corrected chi connectivity index (χ3v) is 4.47. The van der Waals surface area contributed by atoms with Crippen LogP contribution >= 0.6 is 0 Å². The van der Waals surface area contributed by atoms with Crippen molar-refractivity contribution in [1.29, 1.82) is 0 Å². The van der Waals surface area contributed by atoms with Crippen molar-refractivity contribution in [1.82, 2.24) is 10.2 Å². The van der Waals surface area contributed by atoms with Gasteiger partial charge in [0.25, 0.3) is 5.91 Å². The van der Waals surface area contributed by atoms with Gasteiger partial charge in [0.05, 0.1) is 0 Å². The molecule has 1 unspecified atom stereocenters. The molecule has 0 radical (unpaired) electrons. The number of likely N-dealkylation sites (tertiary alicyclic amines) is 1. The summed E-state index contributed by atoms with van der Waals surface area (Å²) in [7, 11) is 0. The fourth-order valence-electron chi connectivity index (χ4n) is 3.12. The first-order valence-electron chi connectivity index (χ1n) is 8.85. The number of carbonyl (C=O) groups excluding carboxylic acids is 2. The van der Waals surface area contributed by atoms with Gasteiger partial charge in [-0.2, -0.15) is 0 Å². The van der Waals surface area contributed by atoms with Gasteiger partial charge in [0.1, 0.15) is 5.82 Å². The predicted molar refractivity (Wildman–Crippen MR) is 97.7 cm³/mol. The summed E-state index contributed by atoms with van der Waals surface area (Å²) >= 11 is 0. The Morgan fingerprint density at radius 2 is 2.00 bits per heavy atom. The molecule has 3 N–H and O–H groups in total. The van der Waals surface area contributed by atoms with Gasteiger partial charge in [-0.3, -0.25) is 4.79 Å². The van der Waals surface area contributed by atoms with Crippen LogP contribution in [0.1, 0.15) is 34.0 Å². The number of piperidine rings is 1. The van der Waals surface area contributed by atoms with Crippen molar-refractivity contribution in [2.75, 3.05) is 25.0 Å². The molecule has 0 saturated carbocycles. The highest BCUT2D eigenvalue weighted by atomic mass is 19.1. The summed E-state index contributed by atoms with van der Waals surface area (Å²) in [6.07, 6.45) is 1.60. The molecule has 8 nitrogen and oxygen atoms in total. The lowest BCUT2D eigenvalue weighted by atomic mass is 9.98. The molecule has 28 heavy (non-hydrogen) atoms. The largest absolute Gasteiger partial charge is 0.475 e. The number of rotatable bonds is 5. The van der Waals surface area contributed by atoms with Gasteiger partial charge in [0, 0.05) is 25.3 Å². The minimum atomic E-state index is -1.23. The van der Waals surface area contributed by atoms with Crippen LogP contribution in [0.3, 0.4) is 0 Å². The normalized spacial score (nSPS) is 16.5. The summed E-state index contributed by atoms with van der Waals surface area (Å²) in [6.45, 7) is 1.31. The van der Waals surface area contributed by atoms with E-state index in [-0.39, 0.29) is 23.3 Å². The van der Waals surface area contributed by atoms with E-state index in [0.717, 1.165) is 12.8 Å². The minimum Gasteiger partial charge on any atom is -0.475 e. The van der Waals surface area contributed by atoms with Crippen LogP contribution in [0.2, 0.25) is 0 Å². The molecule has 1 aliphatic heterocycles. The molecule has 1 aromatic heterocycles. The maximum atomic E-state index is 13.1. The van der Waals surface area contributed by atoms with Gasteiger partial charge >= 0.3 is 12.0 Å². The Balaban J connectivity index is 1.51. The van der Waals surface area contributed by atoms with Crippen LogP contribution in [-0.2, 0) is 0 Å². The van der Waals surface area contributed by atoms with E-state index < -0.39 is 17.8 Å². The van der Waals surface area contributed by atoms with E-state index in [1.54, 1.807) is 11.0 Å². The molecule has 1 saturated heterocycles. The zero-order valence-electron chi connectivity index (χ0n) is 15.0. The fraction of sp³-hybridized carbons (Fsp3) is 0.316. The van der Waals surface area contributed by atoms with Crippen molar-refractivity contribution in [3.63, 3.8) is 0 Å². The fourth-order valence-corrected chi connectivity index (χ4v) is 3.12. The number of carboxylic acid groups (broad SMARTS) is 1. The Bertz CT molecular complexity index is 882. The van der Waals surface area contributed by atoms with E-state index in [9.17, 15) is 18.8 Å². The molecule has 1 fully saturated rings. The lowest BCUT2D eigenvalue weighted by Gasteiger charge is -2.32. The van der Waals surface area contributed by atoms with Crippen LogP contribution in [0.25, 0.3) is 0 Å². The summed E-state index contributed by atoms with van der Waals surface area (Å²) < 4.78 is 18.2. The number of hydrogen-bond donors (Lipinski definition) is 3. The lowest BCUT2D eigenvalue weighted by molar-refractivity contribution is 0.0620. The molecule has 2 aromatic rings. The number of halogens is 1. The van der Waals surface area contributed by atoms with E-state index in [0.29, 0.717) is 25.3 Å². The third-order valence-electron chi connectivity index (χ3n) is 4.47. The molecule has 1 aromatic carbocycles. The first-order valence-corrected chi connectivity index (χ1v) is 8.85. The van der Waals surface area contributed by atoms with Gasteiger partial charge in [-0.15, -0.1) is 0 Å². The molecule has 1 atom stereocenters. The average molecular weight is 389 g/mol. The number of urea groups is 1. The highest BCUT2D eigenvalue weighted by Crippen LogP contribution is 2.19. The monoisotopic (exact) mass is 389 g/mol. The molecule has 0 aliphatic carbocycles. The SMILES string of the molecule is O=C(NCC1CCCN(C(=O)c2ccc(C(=O)O)o2)C1)Nc1cccc(F)c1. The number of hydrogen-bond acceptors (Lipinski definition) is 4. The summed E-state index contributed by atoms with van der Waals surface area (Å²) in [6, 6.07) is 7.73. The Morgan fingerprint density at radius 1 is 1.21 bits per heavy atom. The highest BCUT2D eigenvalue weighted by molar-refractivity contribution is 5.93. The first-order chi connectivity index (χ1) is 13.4. The number of carboxylic acids is 1. The van der Waals surface area contributed by atoms with Crippen molar-refractivity contribution in [3.05, 3.63) is 53.7 Å². The van der Waals surface area contributed by atoms with Crippen molar-refractivity contribution in [2.24, 2.45) is 5.92 Å². The Hall–Kier alpha value is -3.36. The highest BCUT2D eigenvalue weighted by Gasteiger charge is 2.27. The zero-order valence-corrected chi connectivity index (χ0v) is 15.0. The van der Waals surface area contributed by atoms with Crippen LogP contribution in [0.15, 0.2) is 40.8 Å². The molecule has 2 heterocycles. The van der Waals surface area contributed by atoms with Crippen LogP contribution < -0.4 is 10.6 Å². The average Bonchev–Trinajstić information content (AvgIpc) is 3.16. The number of carbonyl (C=O) groups is 3. The smallest absolute Gasteiger partial charge is 0.371 e. The second-order valence-corrected chi connectivity index (χ2v) is 6.57. The second kappa shape index (κ2) is 8.55. The topological polar surface area (TPSA) is 112 Å². The van der Waals surface area contributed by atoms with E-state index in [2.05, 4.69) is 10.6 Å². The van der Waals surface area contributed by atoms with Gasteiger partial charge < -0.3 is 25.1 Å². The summed E-state index contributed by atoms with van der Waals surface area (Å²) in [5.74, 6) is -2.30. The number of nitrogens with zero attached hydrogens (tertiary/aromatic N) is 1. The molecule has 9 heteroatoms. The predicted octanol–water partition coefficient (Wildman–Crippen LogP) is 2.79. The maximum absolute atomic E-state index is 13.1. The van der Waals surface area contributed by atoms with E-state index in [1.807, 2.05) is 0 Å². The Kier molecular flexibility index (Phi) is 5.93. The van der Waals surface area contributed by atoms with Crippen molar-refractivity contribution in [2.45, 2.75) is 12.8 Å². The Labute approximate surface area is 160 Å². The van der Waals surface area contributed by atoms with Crippen molar-refractivity contribution < 1.29 is 28.3 Å². The number of aromatic carboxylic acids is 1. The first kappa shape index (κ1) is 19.4. The third kappa shape index (κ3) is 4.87. The minimum absolute atomic E-state index is 0.0187. The standard InChI is InChI=1S/C19H20FN3O5/c20-13-4-1-5-14(9-13)22-19(27)21-10-12-3-2-8-23(11-12)17(24)15-6-7-16(28-15)18(25)26/h1,4-7,9,12H,2-3,8,10-11H2,(H,25,26)(H2,21,22,27). The van der Waals surface area contributed by atoms with Crippen LogP contribution in [0, 0.1) is 11.7 Å². The molecule has 0 spiro atoms. The molecule has 1 aliphatic rings. The summed E-state index contributed by atoms with van der Waals surface area (Å²) in [5.41, 5.74) is 0.352. The van der Waals surface area contributed by atoms with E-state index in [4.69, 9.17) is 9.52 Å². The van der Waals surface area contributed by atoms with Crippen LogP contribution in [0.5, 0.6) is 0 Å². The molecule has 148 valence electrons. The van der Waals surface area contributed by atoms with Gasteiger partial charge in [-0.1, -0.05) is 6.07 Å². The molecular formula is C19H20FN3O5. The molecular weight excluding hydrogens is 369 g/mol. The van der Waals surface area contributed by atoms with Crippen molar-refractivity contribution >= 4 is 23.6 Å². The van der Waals surface area contributed by atoms with Crippen LogP contribution in [-0.4, -0.2) is 47.5 Å². The Morgan fingerprint density at radius 3 is 2.71 bits per heavy atom. The number of furan rings is 1.